The molecule has 2 N–H and O–H groups in total. The summed E-state index contributed by atoms with van der Waals surface area (Å²) >= 11 is 5.89. The van der Waals surface area contributed by atoms with Crippen LogP contribution >= 0.6 is 11.6 Å². The molecule has 1 fully saturated rings. The van der Waals surface area contributed by atoms with Gasteiger partial charge in [-0.1, -0.05) is 42.4 Å². The van der Waals surface area contributed by atoms with Crippen LogP contribution in [0.15, 0.2) is 79.4 Å². The summed E-state index contributed by atoms with van der Waals surface area (Å²) in [5.41, 5.74) is 2.31. The largest absolute Gasteiger partial charge is 0.484 e. The van der Waals surface area contributed by atoms with Crippen LogP contribution in [-0.2, 0) is 4.79 Å². The van der Waals surface area contributed by atoms with Crippen LogP contribution in [0.25, 0.3) is 0 Å². The van der Waals surface area contributed by atoms with E-state index in [0.717, 1.165) is 0 Å². The summed E-state index contributed by atoms with van der Waals surface area (Å²) < 4.78 is 20.8. The van der Waals surface area contributed by atoms with E-state index in [1.807, 2.05) is 13.0 Å². The van der Waals surface area contributed by atoms with Crippen molar-refractivity contribution in [2.45, 2.75) is 32.1 Å². The van der Waals surface area contributed by atoms with Crippen LogP contribution in [0, 0.1) is 12.7 Å². The van der Waals surface area contributed by atoms with Crippen molar-refractivity contribution in [3.8, 4) is 5.75 Å². The highest BCUT2D eigenvalue weighted by Gasteiger charge is 2.28. The van der Waals surface area contributed by atoms with Gasteiger partial charge in [0.05, 0.1) is 6.10 Å². The molecule has 3 atom stereocenters. The molecule has 41 heavy (non-hydrogen) atoms. The summed E-state index contributed by atoms with van der Waals surface area (Å²) in [4.78, 5) is 28.8. The van der Waals surface area contributed by atoms with E-state index in [2.05, 4.69) is 16.8 Å². The lowest BCUT2D eigenvalue weighted by molar-refractivity contribution is -0.130. The minimum Gasteiger partial charge on any atom is -0.484 e. The Hall–Kier alpha value is -3.72. The molecule has 7 nitrogen and oxygen atoms in total. The van der Waals surface area contributed by atoms with E-state index in [1.54, 1.807) is 66.4 Å². The topological polar surface area (TPSA) is 82.1 Å². The monoisotopic (exact) mass is 579 g/mol. The molecule has 1 aliphatic heterocycles. The van der Waals surface area contributed by atoms with Crippen molar-refractivity contribution in [2.24, 2.45) is 0 Å². The molecule has 0 spiro atoms. The predicted octanol–water partition coefficient (Wildman–Crippen LogP) is 5.09. The van der Waals surface area contributed by atoms with E-state index >= 15 is 0 Å². The molecule has 0 aromatic heterocycles. The standard InChI is InChI=1S/C32H35ClFN3O4/c1-4-31(39)37-16-15-36(19-22(37)3)20-30(25-6-5-21(2)28(34)17-25)41-27-13-9-24(10-14-27)32(40)35-18-29(38)23-7-11-26(33)12-8-23/h4-14,17,22,29-30,38H,1,15-16,18-20H2,2-3H3,(H,35,40)/t22-,29+,30?/m1/s1. The minimum atomic E-state index is -0.867. The van der Waals surface area contributed by atoms with Gasteiger partial charge in [-0.05, 0) is 79.1 Å². The van der Waals surface area contributed by atoms with Crippen molar-refractivity contribution < 1.29 is 23.8 Å². The van der Waals surface area contributed by atoms with E-state index < -0.39 is 12.2 Å². The molecule has 1 unspecified atom stereocenters. The number of carbonyl (C=O) groups excluding carboxylic acids is 2. The fourth-order valence-electron chi connectivity index (χ4n) is 4.84. The maximum atomic E-state index is 14.5. The Morgan fingerprint density at radius 2 is 1.80 bits per heavy atom. The predicted molar refractivity (Wildman–Crippen MR) is 158 cm³/mol. The SMILES string of the molecule is C=CC(=O)N1CCN(CC(Oc2ccc(C(=O)NC[C@H](O)c3ccc(Cl)cc3)cc2)c2ccc(C)c(F)c2)C[C@H]1C. The minimum absolute atomic E-state index is 0.000611. The van der Waals surface area contributed by atoms with Gasteiger partial charge in [0.1, 0.15) is 17.7 Å². The first-order chi connectivity index (χ1) is 19.6. The van der Waals surface area contributed by atoms with Crippen molar-refractivity contribution in [3.05, 3.63) is 112 Å². The molecule has 3 aromatic carbocycles. The number of aliphatic hydroxyl groups excluding tert-OH is 1. The van der Waals surface area contributed by atoms with Gasteiger partial charge >= 0.3 is 0 Å². The van der Waals surface area contributed by atoms with E-state index in [1.165, 1.54) is 12.1 Å². The summed E-state index contributed by atoms with van der Waals surface area (Å²) in [6.45, 7) is 9.70. The van der Waals surface area contributed by atoms with Gasteiger partial charge in [-0.15, -0.1) is 0 Å². The Morgan fingerprint density at radius 3 is 2.44 bits per heavy atom. The Bertz CT molecular complexity index is 1370. The summed E-state index contributed by atoms with van der Waals surface area (Å²) in [5.74, 6) is -0.197. The number of carbonyl (C=O) groups is 2. The van der Waals surface area contributed by atoms with Crippen molar-refractivity contribution in [3.63, 3.8) is 0 Å². The average molecular weight is 580 g/mol. The third-order valence-electron chi connectivity index (χ3n) is 7.27. The van der Waals surface area contributed by atoms with Crippen molar-refractivity contribution in [1.82, 2.24) is 15.1 Å². The Kier molecular flexibility index (Phi) is 10.2. The van der Waals surface area contributed by atoms with E-state index in [-0.39, 0.29) is 30.2 Å². The third-order valence-corrected chi connectivity index (χ3v) is 7.52. The molecule has 0 saturated carbocycles. The molecule has 2 amide bonds. The van der Waals surface area contributed by atoms with Crippen LogP contribution < -0.4 is 10.1 Å². The lowest BCUT2D eigenvalue weighted by Crippen LogP contribution is -2.54. The molecule has 1 heterocycles. The van der Waals surface area contributed by atoms with Gasteiger partial charge in [-0.3, -0.25) is 14.5 Å². The van der Waals surface area contributed by atoms with Crippen LogP contribution in [0.5, 0.6) is 5.75 Å². The number of nitrogens with zero attached hydrogens (tertiary/aromatic N) is 2. The fourth-order valence-corrected chi connectivity index (χ4v) is 4.97. The molecule has 1 saturated heterocycles. The van der Waals surface area contributed by atoms with Crippen LogP contribution in [-0.4, -0.2) is 65.5 Å². The maximum Gasteiger partial charge on any atom is 0.251 e. The molecular formula is C32H35ClFN3O4. The molecule has 0 bridgehead atoms. The average Bonchev–Trinajstić information content (AvgIpc) is 2.97. The van der Waals surface area contributed by atoms with Gasteiger partial charge in [-0.25, -0.2) is 4.39 Å². The first-order valence-electron chi connectivity index (χ1n) is 13.5. The summed E-state index contributed by atoms with van der Waals surface area (Å²) in [6.07, 6.45) is -0.0130. The van der Waals surface area contributed by atoms with Crippen molar-refractivity contribution in [1.29, 1.82) is 0 Å². The number of ether oxygens (including phenoxy) is 1. The lowest BCUT2D eigenvalue weighted by Gasteiger charge is -2.40. The van der Waals surface area contributed by atoms with Gasteiger partial charge in [0.25, 0.3) is 5.91 Å². The highest BCUT2D eigenvalue weighted by atomic mass is 35.5. The van der Waals surface area contributed by atoms with Crippen LogP contribution in [0.2, 0.25) is 5.02 Å². The number of benzene rings is 3. The molecule has 1 aliphatic rings. The lowest BCUT2D eigenvalue weighted by atomic mass is 10.0. The van der Waals surface area contributed by atoms with E-state index in [4.69, 9.17) is 16.3 Å². The Labute approximate surface area is 245 Å². The van der Waals surface area contributed by atoms with Crippen molar-refractivity contribution >= 4 is 23.4 Å². The molecule has 0 radical (unpaired) electrons. The Balaban J connectivity index is 1.42. The third kappa shape index (κ3) is 7.94. The second kappa shape index (κ2) is 13.8. The first kappa shape index (κ1) is 30.2. The number of amides is 2. The van der Waals surface area contributed by atoms with E-state index in [0.29, 0.717) is 59.2 Å². The number of aliphatic hydroxyl groups is 1. The second-order valence-electron chi connectivity index (χ2n) is 10.3. The summed E-state index contributed by atoms with van der Waals surface area (Å²) in [6, 6.07) is 18.6. The number of halogens is 2. The van der Waals surface area contributed by atoms with E-state index in [9.17, 15) is 19.1 Å². The van der Waals surface area contributed by atoms with Gasteiger partial charge in [-0.2, -0.15) is 0 Å². The maximum absolute atomic E-state index is 14.5. The molecule has 3 aromatic rings. The van der Waals surface area contributed by atoms with Gasteiger partial charge in [0.2, 0.25) is 5.91 Å². The molecule has 0 aliphatic carbocycles. The van der Waals surface area contributed by atoms with Gasteiger partial charge < -0.3 is 20.1 Å². The van der Waals surface area contributed by atoms with Gasteiger partial charge in [0.15, 0.2) is 0 Å². The molecule has 216 valence electrons. The number of aryl methyl sites for hydroxylation is 1. The summed E-state index contributed by atoms with van der Waals surface area (Å²) in [5, 5.41) is 13.7. The number of hydrogen-bond acceptors (Lipinski definition) is 5. The zero-order valence-corrected chi connectivity index (χ0v) is 24.0. The highest BCUT2D eigenvalue weighted by molar-refractivity contribution is 6.30. The number of piperazine rings is 1. The molecule has 4 rings (SSSR count). The quantitative estimate of drug-likeness (QED) is 0.327. The zero-order valence-electron chi connectivity index (χ0n) is 23.2. The van der Waals surface area contributed by atoms with Crippen LogP contribution in [0.1, 0.15) is 46.2 Å². The number of nitrogens with one attached hydrogen (secondary N) is 1. The first-order valence-corrected chi connectivity index (χ1v) is 13.9. The summed E-state index contributed by atoms with van der Waals surface area (Å²) in [7, 11) is 0. The number of hydrogen-bond donors (Lipinski definition) is 2. The molecular weight excluding hydrogens is 545 g/mol. The number of rotatable bonds is 10. The van der Waals surface area contributed by atoms with Crippen molar-refractivity contribution in [2.75, 3.05) is 32.7 Å². The van der Waals surface area contributed by atoms with Crippen LogP contribution in [0.3, 0.4) is 0 Å². The fraction of sp³-hybridized carbons (Fsp3) is 0.312. The Morgan fingerprint density at radius 1 is 1.12 bits per heavy atom. The highest BCUT2D eigenvalue weighted by Crippen LogP contribution is 2.26. The zero-order chi connectivity index (χ0) is 29.5. The van der Waals surface area contributed by atoms with Crippen LogP contribution in [0.4, 0.5) is 4.39 Å². The second-order valence-corrected chi connectivity index (χ2v) is 10.7. The normalized spacial score (nSPS) is 17.0. The smallest absolute Gasteiger partial charge is 0.251 e. The van der Waals surface area contributed by atoms with Gasteiger partial charge in [0, 0.05) is 49.4 Å². The molecule has 9 heteroatoms.